The SMILES string of the molecule is CC(C)(C)C(=O)CC(=O)C(C)(C)C.CC(C)(C)C(=O)CC(=O)C(C)(C)C.[Zn]. The van der Waals surface area contributed by atoms with Gasteiger partial charge in [-0.05, 0) is 0 Å². The molecule has 0 aliphatic carbocycles. The van der Waals surface area contributed by atoms with Crippen molar-refractivity contribution in [2.75, 3.05) is 0 Å². The van der Waals surface area contributed by atoms with Crippen LogP contribution >= 0.6 is 0 Å². The van der Waals surface area contributed by atoms with E-state index in [9.17, 15) is 19.2 Å². The average molecular weight is 434 g/mol. The Morgan fingerprint density at radius 3 is 0.593 bits per heavy atom. The number of carbonyl (C=O) groups is 4. The number of Topliss-reactive ketones (excluding diaryl/α,β-unsaturated/α-hetero) is 4. The van der Waals surface area contributed by atoms with Crippen molar-refractivity contribution in [3.05, 3.63) is 0 Å². The second-order valence-electron chi connectivity index (χ2n) is 11.0. The smallest absolute Gasteiger partial charge is 0.145 e. The van der Waals surface area contributed by atoms with Crippen LogP contribution < -0.4 is 0 Å². The fraction of sp³-hybridized carbons (Fsp3) is 0.818. The molecule has 0 heterocycles. The minimum Gasteiger partial charge on any atom is -0.299 e. The van der Waals surface area contributed by atoms with Crippen LogP contribution in [0.1, 0.15) is 95.9 Å². The molecule has 0 unspecified atom stereocenters. The first-order chi connectivity index (χ1) is 11.1. The molecule has 0 bridgehead atoms. The van der Waals surface area contributed by atoms with Gasteiger partial charge in [-0.3, -0.25) is 19.2 Å². The number of rotatable bonds is 4. The fourth-order valence-electron chi connectivity index (χ4n) is 1.35. The standard InChI is InChI=1S/2C11H20O2.Zn/c2*1-10(2,3)8(12)7-9(13)11(4,5)6;/h2*7H2,1-6H3;. The maximum Gasteiger partial charge on any atom is 0.145 e. The van der Waals surface area contributed by atoms with Gasteiger partial charge in [0, 0.05) is 41.1 Å². The van der Waals surface area contributed by atoms with Crippen LogP contribution in [0, 0.1) is 21.7 Å². The second-order valence-corrected chi connectivity index (χ2v) is 11.0. The quantitative estimate of drug-likeness (QED) is 0.450. The van der Waals surface area contributed by atoms with Gasteiger partial charge in [-0.2, -0.15) is 0 Å². The third-order valence-corrected chi connectivity index (χ3v) is 3.99. The van der Waals surface area contributed by atoms with Crippen LogP contribution in [0.25, 0.3) is 0 Å². The van der Waals surface area contributed by atoms with Gasteiger partial charge in [-0.1, -0.05) is 83.1 Å². The first kappa shape index (κ1) is 31.0. The van der Waals surface area contributed by atoms with Crippen LogP contribution in [0.3, 0.4) is 0 Å². The summed E-state index contributed by atoms with van der Waals surface area (Å²) >= 11 is 0. The summed E-state index contributed by atoms with van der Waals surface area (Å²) in [5.41, 5.74) is -1.61. The van der Waals surface area contributed by atoms with Crippen LogP contribution in [-0.2, 0) is 38.7 Å². The minimum atomic E-state index is -0.402. The molecule has 0 aromatic carbocycles. The largest absolute Gasteiger partial charge is 0.299 e. The molecule has 0 radical (unpaired) electrons. The fourth-order valence-corrected chi connectivity index (χ4v) is 1.35. The zero-order chi connectivity index (χ0) is 21.7. The molecular weight excluding hydrogens is 394 g/mol. The predicted octanol–water partition coefficient (Wildman–Crippen LogP) is 5.21. The zero-order valence-electron chi connectivity index (χ0n) is 19.8. The van der Waals surface area contributed by atoms with Crippen LogP contribution in [0.4, 0.5) is 0 Å². The van der Waals surface area contributed by atoms with Gasteiger partial charge in [0.05, 0.1) is 12.8 Å². The molecular formula is C22H40O4Zn. The molecule has 0 atom stereocenters. The maximum atomic E-state index is 11.5. The summed E-state index contributed by atoms with van der Waals surface area (Å²) in [6, 6.07) is 0. The Hall–Kier alpha value is -0.697. The molecule has 0 aliphatic heterocycles. The second kappa shape index (κ2) is 10.7. The topological polar surface area (TPSA) is 68.3 Å². The molecule has 154 valence electrons. The van der Waals surface area contributed by atoms with Gasteiger partial charge in [0.15, 0.2) is 0 Å². The third kappa shape index (κ3) is 14.0. The van der Waals surface area contributed by atoms with Crippen molar-refractivity contribution in [1.29, 1.82) is 0 Å². The first-order valence-electron chi connectivity index (χ1n) is 9.23. The van der Waals surface area contributed by atoms with Crippen LogP contribution in [0.5, 0.6) is 0 Å². The Morgan fingerprint density at radius 1 is 0.407 bits per heavy atom. The van der Waals surface area contributed by atoms with Gasteiger partial charge in [0.2, 0.25) is 0 Å². The van der Waals surface area contributed by atoms with Gasteiger partial charge >= 0.3 is 0 Å². The molecule has 0 spiro atoms. The summed E-state index contributed by atoms with van der Waals surface area (Å²) in [6.45, 7) is 22.1. The van der Waals surface area contributed by atoms with E-state index in [1.54, 1.807) is 0 Å². The number of ketones is 4. The molecule has 0 saturated carbocycles. The van der Waals surface area contributed by atoms with Crippen molar-refractivity contribution in [3.8, 4) is 0 Å². The minimum absolute atomic E-state index is 0. The molecule has 0 aromatic rings. The Balaban J connectivity index is -0.000000411. The van der Waals surface area contributed by atoms with Crippen molar-refractivity contribution in [2.45, 2.75) is 95.9 Å². The molecule has 4 nitrogen and oxygen atoms in total. The van der Waals surface area contributed by atoms with Gasteiger partial charge in [-0.15, -0.1) is 0 Å². The molecule has 0 aromatic heterocycles. The van der Waals surface area contributed by atoms with E-state index in [2.05, 4.69) is 0 Å². The van der Waals surface area contributed by atoms with Crippen molar-refractivity contribution in [2.24, 2.45) is 21.7 Å². The molecule has 0 N–H and O–H groups in total. The van der Waals surface area contributed by atoms with E-state index < -0.39 is 21.7 Å². The summed E-state index contributed by atoms with van der Waals surface area (Å²) in [7, 11) is 0. The average Bonchev–Trinajstić information content (AvgIpc) is 2.34. The number of hydrogen-bond acceptors (Lipinski definition) is 4. The van der Waals surface area contributed by atoms with Crippen LogP contribution in [0.15, 0.2) is 0 Å². The maximum absolute atomic E-state index is 11.5. The molecule has 0 amide bonds. The molecule has 0 fully saturated rings. The van der Waals surface area contributed by atoms with E-state index in [0.29, 0.717) is 0 Å². The molecule has 0 aliphatic rings. The van der Waals surface area contributed by atoms with E-state index in [0.717, 1.165) is 0 Å². The number of carbonyl (C=O) groups excluding carboxylic acids is 4. The predicted molar refractivity (Wildman–Crippen MR) is 107 cm³/mol. The van der Waals surface area contributed by atoms with E-state index in [-0.39, 0.29) is 55.5 Å². The number of hydrogen-bond donors (Lipinski definition) is 0. The van der Waals surface area contributed by atoms with Gasteiger partial charge in [-0.25, -0.2) is 0 Å². The third-order valence-electron chi connectivity index (χ3n) is 3.99. The zero-order valence-corrected chi connectivity index (χ0v) is 22.7. The normalized spacial score (nSPS) is 12.3. The van der Waals surface area contributed by atoms with Crippen molar-refractivity contribution >= 4 is 23.1 Å². The molecule has 5 heteroatoms. The van der Waals surface area contributed by atoms with E-state index in [1.807, 2.05) is 83.1 Å². The first-order valence-corrected chi connectivity index (χ1v) is 9.23. The molecule has 0 rings (SSSR count). The summed E-state index contributed by atoms with van der Waals surface area (Å²) in [5, 5.41) is 0. The van der Waals surface area contributed by atoms with Crippen molar-refractivity contribution in [1.82, 2.24) is 0 Å². The summed E-state index contributed by atoms with van der Waals surface area (Å²) in [4.78, 5) is 46.0. The Kier molecular flexibility index (Phi) is 12.3. The summed E-state index contributed by atoms with van der Waals surface area (Å²) in [5.74, 6) is 0.0831. The van der Waals surface area contributed by atoms with E-state index in [4.69, 9.17) is 0 Å². The van der Waals surface area contributed by atoms with Gasteiger partial charge in [0.1, 0.15) is 23.1 Å². The summed E-state index contributed by atoms with van der Waals surface area (Å²) in [6.07, 6.45) is 0.125. The summed E-state index contributed by atoms with van der Waals surface area (Å²) < 4.78 is 0. The van der Waals surface area contributed by atoms with Crippen molar-refractivity contribution < 1.29 is 38.7 Å². The Labute approximate surface area is 179 Å². The molecule has 27 heavy (non-hydrogen) atoms. The van der Waals surface area contributed by atoms with Crippen LogP contribution in [-0.4, -0.2) is 23.1 Å². The Bertz CT molecular complexity index is 435. The van der Waals surface area contributed by atoms with Crippen LogP contribution in [0.2, 0.25) is 0 Å². The van der Waals surface area contributed by atoms with E-state index in [1.165, 1.54) is 0 Å². The monoisotopic (exact) mass is 432 g/mol. The van der Waals surface area contributed by atoms with Gasteiger partial charge < -0.3 is 0 Å². The molecule has 0 saturated heterocycles. The Morgan fingerprint density at radius 2 is 0.519 bits per heavy atom. The van der Waals surface area contributed by atoms with Gasteiger partial charge in [0.25, 0.3) is 0 Å². The van der Waals surface area contributed by atoms with E-state index >= 15 is 0 Å². The van der Waals surface area contributed by atoms with Crippen molar-refractivity contribution in [3.63, 3.8) is 0 Å².